The van der Waals surface area contributed by atoms with E-state index >= 15 is 0 Å². The van der Waals surface area contributed by atoms with Gasteiger partial charge in [-0.05, 0) is 25.1 Å². The Bertz CT molecular complexity index is 915. The van der Waals surface area contributed by atoms with E-state index in [9.17, 15) is 13.2 Å². The number of benzene rings is 1. The lowest BCUT2D eigenvalue weighted by molar-refractivity contribution is 0.0751. The fourth-order valence-corrected chi connectivity index (χ4v) is 3.06. The molecule has 0 radical (unpaired) electrons. The maximum atomic E-state index is 12.9. The van der Waals surface area contributed by atoms with Crippen molar-refractivity contribution in [3.63, 3.8) is 0 Å². The summed E-state index contributed by atoms with van der Waals surface area (Å²) in [7, 11) is -0.326. The van der Waals surface area contributed by atoms with Crippen LogP contribution in [0.2, 0.25) is 0 Å². The summed E-state index contributed by atoms with van der Waals surface area (Å²) >= 11 is 0. The van der Waals surface area contributed by atoms with Gasteiger partial charge in [0, 0.05) is 30.9 Å². The zero-order valence-electron chi connectivity index (χ0n) is 15.7. The predicted octanol–water partition coefficient (Wildman–Crippen LogP) is 2.13. The molecule has 146 valence electrons. The Morgan fingerprint density at radius 3 is 2.52 bits per heavy atom. The number of hydrogen-bond acceptors (Lipinski definition) is 6. The lowest BCUT2D eigenvalue weighted by Crippen LogP contribution is -2.30. The first-order valence-corrected chi connectivity index (χ1v) is 10.1. The highest BCUT2D eigenvalue weighted by Gasteiger charge is 2.18. The first-order chi connectivity index (χ1) is 12.8. The van der Waals surface area contributed by atoms with Gasteiger partial charge in [0.25, 0.3) is 5.91 Å². The Hall–Kier alpha value is -2.81. The predicted molar refractivity (Wildman–Crippen MR) is 103 cm³/mol. The summed E-state index contributed by atoms with van der Waals surface area (Å²) < 4.78 is 35.6. The third kappa shape index (κ3) is 5.58. The fourth-order valence-electron chi connectivity index (χ4n) is 2.52. The van der Waals surface area contributed by atoms with Gasteiger partial charge in [-0.2, -0.15) is 0 Å². The van der Waals surface area contributed by atoms with Crippen LogP contribution in [0.15, 0.2) is 36.7 Å². The molecule has 0 atom stereocenters. The van der Waals surface area contributed by atoms with E-state index in [2.05, 4.69) is 9.71 Å². The van der Waals surface area contributed by atoms with Crippen molar-refractivity contribution in [2.45, 2.75) is 13.5 Å². The Labute approximate surface area is 159 Å². The van der Waals surface area contributed by atoms with Crippen LogP contribution in [0.5, 0.6) is 11.5 Å². The Morgan fingerprint density at radius 1 is 1.19 bits per heavy atom. The second-order valence-electron chi connectivity index (χ2n) is 5.83. The minimum atomic E-state index is -3.45. The molecule has 0 unspecified atom stereocenters. The SMILES string of the molecule is CCN(Cc1ccc(OC)cc1OC)C(=O)c1cncc(NS(C)(=O)=O)c1. The second kappa shape index (κ2) is 8.72. The first-order valence-electron chi connectivity index (χ1n) is 8.20. The monoisotopic (exact) mass is 393 g/mol. The van der Waals surface area contributed by atoms with Crippen LogP contribution in [-0.2, 0) is 16.6 Å². The average molecular weight is 393 g/mol. The highest BCUT2D eigenvalue weighted by atomic mass is 32.2. The number of sulfonamides is 1. The average Bonchev–Trinajstić information content (AvgIpc) is 2.64. The van der Waals surface area contributed by atoms with E-state index in [0.29, 0.717) is 24.6 Å². The minimum Gasteiger partial charge on any atom is -0.497 e. The standard InChI is InChI=1S/C18H23N3O5S/c1-5-21(12-13-6-7-16(25-2)9-17(13)26-3)18(22)14-8-15(11-19-10-14)20-27(4,23)24/h6-11,20H,5,12H2,1-4H3. The molecule has 0 aliphatic carbocycles. The molecule has 0 bridgehead atoms. The molecule has 0 saturated heterocycles. The number of carbonyl (C=O) groups is 1. The molecule has 1 N–H and O–H groups in total. The topological polar surface area (TPSA) is 97.8 Å². The summed E-state index contributed by atoms with van der Waals surface area (Å²) in [5.41, 5.74) is 1.35. The van der Waals surface area contributed by atoms with E-state index < -0.39 is 10.0 Å². The molecule has 1 aromatic carbocycles. The summed E-state index contributed by atoms with van der Waals surface area (Å²) in [5.74, 6) is 1.01. The van der Waals surface area contributed by atoms with Crippen LogP contribution in [0.1, 0.15) is 22.8 Å². The van der Waals surface area contributed by atoms with Crippen LogP contribution < -0.4 is 14.2 Å². The summed E-state index contributed by atoms with van der Waals surface area (Å²) in [6, 6.07) is 6.86. The molecule has 1 amide bonds. The second-order valence-corrected chi connectivity index (χ2v) is 7.58. The molecule has 0 saturated carbocycles. The molecule has 2 rings (SSSR count). The van der Waals surface area contributed by atoms with Crippen LogP contribution in [0.3, 0.4) is 0 Å². The van der Waals surface area contributed by atoms with Gasteiger partial charge < -0.3 is 14.4 Å². The van der Waals surface area contributed by atoms with E-state index in [-0.39, 0.29) is 17.2 Å². The normalized spacial score (nSPS) is 11.0. The number of aromatic nitrogens is 1. The third-order valence-electron chi connectivity index (χ3n) is 3.81. The van der Waals surface area contributed by atoms with Crippen molar-refractivity contribution in [1.82, 2.24) is 9.88 Å². The number of anilines is 1. The van der Waals surface area contributed by atoms with E-state index in [1.165, 1.54) is 18.5 Å². The third-order valence-corrected chi connectivity index (χ3v) is 4.42. The number of rotatable bonds is 8. The van der Waals surface area contributed by atoms with Crippen LogP contribution in [0.4, 0.5) is 5.69 Å². The molecule has 2 aromatic rings. The lowest BCUT2D eigenvalue weighted by atomic mass is 10.1. The van der Waals surface area contributed by atoms with Crippen molar-refractivity contribution in [3.05, 3.63) is 47.8 Å². The fraction of sp³-hybridized carbons (Fsp3) is 0.333. The van der Waals surface area contributed by atoms with Crippen LogP contribution in [0, 0.1) is 0 Å². The summed E-state index contributed by atoms with van der Waals surface area (Å²) in [5, 5.41) is 0. The molecular weight excluding hydrogens is 370 g/mol. The van der Waals surface area contributed by atoms with Crippen molar-refractivity contribution in [1.29, 1.82) is 0 Å². The minimum absolute atomic E-state index is 0.237. The van der Waals surface area contributed by atoms with Gasteiger partial charge in [0.05, 0.1) is 37.9 Å². The first kappa shape index (κ1) is 20.5. The molecular formula is C18H23N3O5S. The maximum Gasteiger partial charge on any atom is 0.255 e. The number of ether oxygens (including phenoxy) is 2. The van der Waals surface area contributed by atoms with Gasteiger partial charge in [0.15, 0.2) is 0 Å². The van der Waals surface area contributed by atoms with Gasteiger partial charge in [0.2, 0.25) is 10.0 Å². The molecule has 1 heterocycles. The van der Waals surface area contributed by atoms with Crippen molar-refractivity contribution in [3.8, 4) is 11.5 Å². The van der Waals surface area contributed by atoms with E-state index in [4.69, 9.17) is 9.47 Å². The molecule has 0 fully saturated rings. The molecule has 27 heavy (non-hydrogen) atoms. The Balaban J connectivity index is 2.25. The van der Waals surface area contributed by atoms with Gasteiger partial charge >= 0.3 is 0 Å². The van der Waals surface area contributed by atoms with Gasteiger partial charge in [-0.1, -0.05) is 0 Å². The van der Waals surface area contributed by atoms with E-state index in [1.807, 2.05) is 13.0 Å². The highest BCUT2D eigenvalue weighted by Crippen LogP contribution is 2.26. The molecule has 0 aliphatic heterocycles. The zero-order chi connectivity index (χ0) is 20.0. The number of hydrogen-bond donors (Lipinski definition) is 1. The molecule has 1 aromatic heterocycles. The van der Waals surface area contributed by atoms with Crippen molar-refractivity contribution in [2.75, 3.05) is 31.7 Å². The molecule has 0 aliphatic rings. The van der Waals surface area contributed by atoms with E-state index in [1.54, 1.807) is 31.3 Å². The van der Waals surface area contributed by atoms with Crippen molar-refractivity contribution >= 4 is 21.6 Å². The quantitative estimate of drug-likeness (QED) is 0.738. The number of amides is 1. The van der Waals surface area contributed by atoms with Gasteiger partial charge in [-0.3, -0.25) is 14.5 Å². The van der Waals surface area contributed by atoms with Crippen LogP contribution >= 0.6 is 0 Å². The smallest absolute Gasteiger partial charge is 0.255 e. The van der Waals surface area contributed by atoms with Crippen molar-refractivity contribution in [2.24, 2.45) is 0 Å². The van der Waals surface area contributed by atoms with Crippen molar-refractivity contribution < 1.29 is 22.7 Å². The summed E-state index contributed by atoms with van der Waals surface area (Å²) in [6.45, 7) is 2.64. The zero-order valence-corrected chi connectivity index (χ0v) is 16.5. The van der Waals surface area contributed by atoms with Gasteiger partial charge in [-0.15, -0.1) is 0 Å². The molecule has 9 heteroatoms. The molecule has 8 nitrogen and oxygen atoms in total. The highest BCUT2D eigenvalue weighted by molar-refractivity contribution is 7.92. The maximum absolute atomic E-state index is 12.9. The number of methoxy groups -OCH3 is 2. The largest absolute Gasteiger partial charge is 0.497 e. The Kier molecular flexibility index (Phi) is 6.62. The van der Waals surface area contributed by atoms with Crippen LogP contribution in [0.25, 0.3) is 0 Å². The molecule has 0 spiro atoms. The summed E-state index contributed by atoms with van der Waals surface area (Å²) in [4.78, 5) is 18.4. The summed E-state index contributed by atoms with van der Waals surface area (Å²) in [6.07, 6.45) is 3.79. The number of nitrogens with zero attached hydrogens (tertiary/aromatic N) is 2. The lowest BCUT2D eigenvalue weighted by Gasteiger charge is -2.22. The number of nitrogens with one attached hydrogen (secondary N) is 1. The van der Waals surface area contributed by atoms with Gasteiger partial charge in [0.1, 0.15) is 11.5 Å². The van der Waals surface area contributed by atoms with Crippen LogP contribution in [-0.4, -0.2) is 51.2 Å². The Morgan fingerprint density at radius 2 is 1.93 bits per heavy atom. The van der Waals surface area contributed by atoms with Gasteiger partial charge in [-0.25, -0.2) is 8.42 Å². The number of carbonyl (C=O) groups excluding carboxylic acids is 1. The van der Waals surface area contributed by atoms with E-state index in [0.717, 1.165) is 11.8 Å². The number of pyridine rings is 1.